The molecule has 12 rings (SSSR count). The standard InChI is InChI=1S/C59H42N2/c1-59(2)53-27-11-10-25-51(53)52-33-32-48(38-54(52)59)60(45-21-12-20-43(36-45)39-15-4-3-5-16-39)46-22-13-23-47(37-46)61-55-28-14-26-50(44-30-29-40-17-6-7-19-42(40)35-44)58(55)57-49-24-9-8-18-41(49)31-34-56(57)61/h3-38H,1-2H3. The van der Waals surface area contributed by atoms with Crippen LogP contribution in [0.15, 0.2) is 218 Å². The second kappa shape index (κ2) is 13.7. The van der Waals surface area contributed by atoms with Crippen LogP contribution < -0.4 is 4.90 Å². The molecule has 0 bridgehead atoms. The normalized spacial score (nSPS) is 12.9. The Bertz CT molecular complexity index is 3520. The van der Waals surface area contributed by atoms with Gasteiger partial charge in [-0.3, -0.25) is 0 Å². The minimum atomic E-state index is -0.129. The Balaban J connectivity index is 1.09. The molecular formula is C59H42N2. The molecule has 11 aromatic rings. The lowest BCUT2D eigenvalue weighted by Crippen LogP contribution is -2.16. The molecule has 0 amide bonds. The molecule has 2 heteroatoms. The number of rotatable bonds is 6. The van der Waals surface area contributed by atoms with Gasteiger partial charge >= 0.3 is 0 Å². The zero-order valence-corrected chi connectivity index (χ0v) is 34.2. The minimum Gasteiger partial charge on any atom is -0.310 e. The molecule has 1 aliphatic carbocycles. The van der Waals surface area contributed by atoms with Crippen molar-refractivity contribution in [2.75, 3.05) is 4.90 Å². The first-order valence-electron chi connectivity index (χ1n) is 21.3. The highest BCUT2D eigenvalue weighted by molar-refractivity contribution is 6.25. The molecule has 0 saturated carbocycles. The minimum absolute atomic E-state index is 0.129. The van der Waals surface area contributed by atoms with E-state index in [-0.39, 0.29) is 5.41 Å². The largest absolute Gasteiger partial charge is 0.310 e. The van der Waals surface area contributed by atoms with Gasteiger partial charge in [0.2, 0.25) is 0 Å². The van der Waals surface area contributed by atoms with Gasteiger partial charge in [-0.15, -0.1) is 0 Å². The summed E-state index contributed by atoms with van der Waals surface area (Å²) >= 11 is 0. The molecule has 0 unspecified atom stereocenters. The van der Waals surface area contributed by atoms with Crippen molar-refractivity contribution in [3.8, 4) is 39.1 Å². The Morgan fingerprint density at radius 3 is 1.89 bits per heavy atom. The van der Waals surface area contributed by atoms with E-state index >= 15 is 0 Å². The molecule has 0 N–H and O–H groups in total. The topological polar surface area (TPSA) is 8.17 Å². The van der Waals surface area contributed by atoms with Crippen LogP contribution in [0.3, 0.4) is 0 Å². The molecule has 1 heterocycles. The molecular weight excluding hydrogens is 737 g/mol. The summed E-state index contributed by atoms with van der Waals surface area (Å²) < 4.78 is 2.48. The molecule has 1 aromatic heterocycles. The third-order valence-corrected chi connectivity index (χ3v) is 13.1. The van der Waals surface area contributed by atoms with Crippen molar-refractivity contribution in [2.24, 2.45) is 0 Å². The Kier molecular flexibility index (Phi) is 7.92. The van der Waals surface area contributed by atoms with Crippen molar-refractivity contribution < 1.29 is 0 Å². The fraction of sp³-hybridized carbons (Fsp3) is 0.0508. The number of aromatic nitrogens is 1. The second-order valence-corrected chi connectivity index (χ2v) is 16.9. The molecule has 0 aliphatic heterocycles. The lowest BCUT2D eigenvalue weighted by molar-refractivity contribution is 0.660. The van der Waals surface area contributed by atoms with Gasteiger partial charge in [-0.25, -0.2) is 0 Å². The molecule has 0 fully saturated rings. The number of hydrogen-bond acceptors (Lipinski definition) is 1. The Hall–Kier alpha value is -7.68. The van der Waals surface area contributed by atoms with E-state index in [1.807, 2.05) is 0 Å². The summed E-state index contributed by atoms with van der Waals surface area (Å²) in [5.74, 6) is 0. The van der Waals surface area contributed by atoms with E-state index in [0.29, 0.717) is 0 Å². The van der Waals surface area contributed by atoms with E-state index < -0.39 is 0 Å². The van der Waals surface area contributed by atoms with E-state index in [9.17, 15) is 0 Å². The summed E-state index contributed by atoms with van der Waals surface area (Å²) in [4.78, 5) is 2.44. The Morgan fingerprint density at radius 2 is 1.00 bits per heavy atom. The van der Waals surface area contributed by atoms with Crippen LogP contribution in [0.4, 0.5) is 17.1 Å². The van der Waals surface area contributed by atoms with Crippen molar-refractivity contribution in [3.63, 3.8) is 0 Å². The monoisotopic (exact) mass is 778 g/mol. The predicted octanol–water partition coefficient (Wildman–Crippen LogP) is 16.2. The van der Waals surface area contributed by atoms with Crippen LogP contribution in [0.2, 0.25) is 0 Å². The maximum absolute atomic E-state index is 2.48. The van der Waals surface area contributed by atoms with Gasteiger partial charge in [0.15, 0.2) is 0 Å². The highest BCUT2D eigenvalue weighted by atomic mass is 15.1. The fourth-order valence-corrected chi connectivity index (χ4v) is 10.2. The SMILES string of the molecule is CC1(C)c2ccccc2-c2ccc(N(c3cccc(-c4ccccc4)c3)c3cccc(-n4c5cccc(-c6ccc7ccccc7c6)c5c5c6ccccc6ccc54)c3)cc21. The summed E-state index contributed by atoms with van der Waals surface area (Å²) in [5, 5.41) is 7.53. The van der Waals surface area contributed by atoms with Gasteiger partial charge in [-0.2, -0.15) is 0 Å². The van der Waals surface area contributed by atoms with Crippen LogP contribution in [0.25, 0.3) is 82.4 Å². The first-order valence-corrected chi connectivity index (χ1v) is 21.3. The van der Waals surface area contributed by atoms with E-state index in [4.69, 9.17) is 0 Å². The van der Waals surface area contributed by atoms with E-state index in [2.05, 4.69) is 242 Å². The van der Waals surface area contributed by atoms with Crippen LogP contribution in [-0.2, 0) is 5.41 Å². The molecule has 2 nitrogen and oxygen atoms in total. The number of nitrogens with zero attached hydrogens (tertiary/aromatic N) is 2. The number of fused-ring (bicyclic) bond motifs is 9. The van der Waals surface area contributed by atoms with Gasteiger partial charge in [-0.05, 0) is 127 Å². The molecule has 0 radical (unpaired) electrons. The van der Waals surface area contributed by atoms with Crippen LogP contribution in [0.1, 0.15) is 25.0 Å². The van der Waals surface area contributed by atoms with Crippen LogP contribution in [0.5, 0.6) is 0 Å². The first-order chi connectivity index (χ1) is 30.0. The lowest BCUT2D eigenvalue weighted by atomic mass is 9.82. The number of benzene rings is 10. The summed E-state index contributed by atoms with van der Waals surface area (Å²) in [6.45, 7) is 4.72. The lowest BCUT2D eigenvalue weighted by Gasteiger charge is -2.29. The molecule has 0 atom stereocenters. The van der Waals surface area contributed by atoms with E-state index in [0.717, 1.165) is 22.7 Å². The van der Waals surface area contributed by atoms with Gasteiger partial charge in [0.25, 0.3) is 0 Å². The summed E-state index contributed by atoms with van der Waals surface area (Å²) in [6.07, 6.45) is 0. The smallest absolute Gasteiger partial charge is 0.0547 e. The van der Waals surface area contributed by atoms with Crippen molar-refractivity contribution >= 4 is 60.4 Å². The molecule has 288 valence electrons. The Morgan fingerprint density at radius 1 is 0.361 bits per heavy atom. The zero-order chi connectivity index (χ0) is 40.7. The van der Waals surface area contributed by atoms with Crippen LogP contribution in [-0.4, -0.2) is 4.57 Å². The maximum Gasteiger partial charge on any atom is 0.0547 e. The van der Waals surface area contributed by atoms with Gasteiger partial charge in [0.05, 0.1) is 11.0 Å². The average molecular weight is 779 g/mol. The maximum atomic E-state index is 2.48. The van der Waals surface area contributed by atoms with Gasteiger partial charge in [0.1, 0.15) is 0 Å². The van der Waals surface area contributed by atoms with Crippen LogP contribution >= 0.6 is 0 Å². The molecule has 0 spiro atoms. The average Bonchev–Trinajstić information content (AvgIpc) is 3.78. The van der Waals surface area contributed by atoms with Crippen LogP contribution in [0, 0.1) is 0 Å². The van der Waals surface area contributed by atoms with E-state index in [1.54, 1.807) is 0 Å². The van der Waals surface area contributed by atoms with E-state index in [1.165, 1.54) is 87.9 Å². The Labute approximate surface area is 356 Å². The molecule has 10 aromatic carbocycles. The molecule has 0 saturated heterocycles. The van der Waals surface area contributed by atoms with Crippen molar-refractivity contribution in [3.05, 3.63) is 230 Å². The third-order valence-electron chi connectivity index (χ3n) is 13.1. The summed E-state index contributed by atoms with van der Waals surface area (Å²) in [7, 11) is 0. The second-order valence-electron chi connectivity index (χ2n) is 16.9. The first kappa shape index (κ1) is 35.3. The number of anilines is 3. The predicted molar refractivity (Wildman–Crippen MR) is 259 cm³/mol. The zero-order valence-electron chi connectivity index (χ0n) is 34.2. The third kappa shape index (κ3) is 5.56. The molecule has 1 aliphatic rings. The fourth-order valence-electron chi connectivity index (χ4n) is 10.2. The van der Waals surface area contributed by atoms with Crippen molar-refractivity contribution in [1.29, 1.82) is 0 Å². The summed E-state index contributed by atoms with van der Waals surface area (Å²) in [5.41, 5.74) is 16.9. The van der Waals surface area contributed by atoms with Gasteiger partial charge in [-0.1, -0.05) is 172 Å². The van der Waals surface area contributed by atoms with Crippen molar-refractivity contribution in [1.82, 2.24) is 4.57 Å². The number of hydrogen-bond donors (Lipinski definition) is 0. The molecule has 61 heavy (non-hydrogen) atoms. The quantitative estimate of drug-likeness (QED) is 0.163. The van der Waals surface area contributed by atoms with Gasteiger partial charge < -0.3 is 9.47 Å². The highest BCUT2D eigenvalue weighted by Crippen LogP contribution is 2.51. The highest BCUT2D eigenvalue weighted by Gasteiger charge is 2.36. The van der Waals surface area contributed by atoms with Crippen molar-refractivity contribution in [2.45, 2.75) is 19.3 Å². The summed E-state index contributed by atoms with van der Waals surface area (Å²) in [6, 6.07) is 80.5. The van der Waals surface area contributed by atoms with Gasteiger partial charge in [0, 0.05) is 38.9 Å².